The molecule has 0 fully saturated rings. The van der Waals surface area contributed by atoms with Crippen molar-refractivity contribution in [3.8, 4) is 0 Å². The molecule has 2 heterocycles. The summed E-state index contributed by atoms with van der Waals surface area (Å²) in [6.45, 7) is 4.40. The van der Waals surface area contributed by atoms with Crippen LogP contribution in [0, 0.1) is 0 Å². The molecule has 2 aromatic rings. The number of imidazole rings is 1. The SMILES string of the molecule is CCC(C)c1cn2ccccc2n1. The second-order valence-corrected chi connectivity index (χ2v) is 3.44. The van der Waals surface area contributed by atoms with E-state index in [1.807, 2.05) is 24.4 Å². The maximum Gasteiger partial charge on any atom is 0.136 e. The van der Waals surface area contributed by atoms with Gasteiger partial charge in [0.25, 0.3) is 0 Å². The van der Waals surface area contributed by atoms with E-state index in [9.17, 15) is 0 Å². The van der Waals surface area contributed by atoms with E-state index in [2.05, 4.69) is 29.4 Å². The summed E-state index contributed by atoms with van der Waals surface area (Å²) in [4.78, 5) is 4.55. The van der Waals surface area contributed by atoms with Crippen LogP contribution in [0.5, 0.6) is 0 Å². The third-order valence-electron chi connectivity index (χ3n) is 2.50. The lowest BCUT2D eigenvalue weighted by atomic mass is 10.1. The van der Waals surface area contributed by atoms with Crippen molar-refractivity contribution >= 4 is 5.65 Å². The fourth-order valence-electron chi connectivity index (χ4n) is 1.40. The number of fused-ring (bicyclic) bond motifs is 1. The van der Waals surface area contributed by atoms with Crippen molar-refractivity contribution < 1.29 is 0 Å². The van der Waals surface area contributed by atoms with Gasteiger partial charge in [-0.05, 0) is 24.5 Å². The van der Waals surface area contributed by atoms with E-state index in [0.717, 1.165) is 12.1 Å². The summed E-state index contributed by atoms with van der Waals surface area (Å²) in [6, 6.07) is 6.07. The van der Waals surface area contributed by atoms with Gasteiger partial charge in [0.15, 0.2) is 0 Å². The summed E-state index contributed by atoms with van der Waals surface area (Å²) in [5.41, 5.74) is 2.23. The molecule has 0 amide bonds. The number of pyridine rings is 1. The number of aromatic nitrogens is 2. The molecular formula is C11H14N2. The minimum Gasteiger partial charge on any atom is -0.307 e. The molecule has 0 aliphatic carbocycles. The third-order valence-corrected chi connectivity index (χ3v) is 2.50. The number of hydrogen-bond acceptors (Lipinski definition) is 1. The molecule has 2 heteroatoms. The number of nitrogens with zero attached hydrogens (tertiary/aromatic N) is 2. The second kappa shape index (κ2) is 3.21. The van der Waals surface area contributed by atoms with Gasteiger partial charge in [-0.3, -0.25) is 0 Å². The highest BCUT2D eigenvalue weighted by molar-refractivity contribution is 5.39. The Hall–Kier alpha value is -1.31. The normalized spacial score (nSPS) is 13.4. The van der Waals surface area contributed by atoms with Gasteiger partial charge in [0.2, 0.25) is 0 Å². The highest BCUT2D eigenvalue weighted by Gasteiger charge is 2.06. The topological polar surface area (TPSA) is 17.3 Å². The average Bonchev–Trinajstić information content (AvgIpc) is 2.59. The zero-order valence-electron chi connectivity index (χ0n) is 8.07. The molecule has 0 radical (unpaired) electrons. The van der Waals surface area contributed by atoms with Crippen LogP contribution in [0.2, 0.25) is 0 Å². The summed E-state index contributed by atoms with van der Waals surface area (Å²) < 4.78 is 2.07. The molecule has 0 aromatic carbocycles. The van der Waals surface area contributed by atoms with Gasteiger partial charge in [-0.2, -0.15) is 0 Å². The molecule has 1 atom stereocenters. The first-order chi connectivity index (χ1) is 6.31. The van der Waals surface area contributed by atoms with Gasteiger partial charge in [-0.1, -0.05) is 19.9 Å². The molecule has 2 nitrogen and oxygen atoms in total. The Morgan fingerprint density at radius 1 is 1.46 bits per heavy atom. The summed E-state index contributed by atoms with van der Waals surface area (Å²) >= 11 is 0. The van der Waals surface area contributed by atoms with Gasteiger partial charge in [0, 0.05) is 12.4 Å². The Kier molecular flexibility index (Phi) is 2.05. The maximum atomic E-state index is 4.55. The van der Waals surface area contributed by atoms with Crippen LogP contribution in [0.1, 0.15) is 31.9 Å². The van der Waals surface area contributed by atoms with Crippen molar-refractivity contribution in [2.75, 3.05) is 0 Å². The predicted molar refractivity (Wildman–Crippen MR) is 53.9 cm³/mol. The molecular weight excluding hydrogens is 160 g/mol. The Morgan fingerprint density at radius 2 is 2.31 bits per heavy atom. The largest absolute Gasteiger partial charge is 0.307 e. The summed E-state index contributed by atoms with van der Waals surface area (Å²) in [6.07, 6.45) is 5.29. The zero-order chi connectivity index (χ0) is 9.26. The van der Waals surface area contributed by atoms with Gasteiger partial charge >= 0.3 is 0 Å². The minimum absolute atomic E-state index is 0.555. The van der Waals surface area contributed by atoms with Crippen LogP contribution in [-0.2, 0) is 0 Å². The first-order valence-electron chi connectivity index (χ1n) is 4.75. The zero-order valence-corrected chi connectivity index (χ0v) is 8.07. The summed E-state index contributed by atoms with van der Waals surface area (Å²) in [5, 5.41) is 0. The molecule has 2 rings (SSSR count). The molecule has 1 unspecified atom stereocenters. The molecule has 0 bridgehead atoms. The van der Waals surface area contributed by atoms with E-state index >= 15 is 0 Å². The molecule has 2 aromatic heterocycles. The molecule has 0 saturated carbocycles. The Balaban J connectivity index is 2.49. The third kappa shape index (κ3) is 1.44. The standard InChI is InChI=1S/C11H14N2/c1-3-9(2)10-8-13-7-5-4-6-11(13)12-10/h4-9H,3H2,1-2H3. The lowest BCUT2D eigenvalue weighted by Crippen LogP contribution is -1.89. The average molecular weight is 174 g/mol. The van der Waals surface area contributed by atoms with Crippen molar-refractivity contribution in [3.05, 3.63) is 36.3 Å². The van der Waals surface area contributed by atoms with Gasteiger partial charge in [-0.25, -0.2) is 4.98 Å². The van der Waals surface area contributed by atoms with Crippen LogP contribution < -0.4 is 0 Å². The fourth-order valence-corrected chi connectivity index (χ4v) is 1.40. The first kappa shape index (κ1) is 8.30. The summed E-state index contributed by atoms with van der Waals surface area (Å²) in [7, 11) is 0. The van der Waals surface area contributed by atoms with E-state index in [1.165, 1.54) is 5.69 Å². The predicted octanol–water partition coefficient (Wildman–Crippen LogP) is 2.85. The van der Waals surface area contributed by atoms with Crippen molar-refractivity contribution in [1.82, 2.24) is 9.38 Å². The highest BCUT2D eigenvalue weighted by Crippen LogP contribution is 2.17. The fraction of sp³-hybridized carbons (Fsp3) is 0.364. The van der Waals surface area contributed by atoms with Gasteiger partial charge in [-0.15, -0.1) is 0 Å². The van der Waals surface area contributed by atoms with E-state index < -0.39 is 0 Å². The van der Waals surface area contributed by atoms with Crippen LogP contribution in [0.3, 0.4) is 0 Å². The maximum absolute atomic E-state index is 4.55. The van der Waals surface area contributed by atoms with Crippen LogP contribution >= 0.6 is 0 Å². The lowest BCUT2D eigenvalue weighted by molar-refractivity contribution is 0.714. The van der Waals surface area contributed by atoms with Crippen molar-refractivity contribution in [3.63, 3.8) is 0 Å². The Bertz CT molecular complexity index is 370. The monoisotopic (exact) mass is 174 g/mol. The molecule has 0 spiro atoms. The molecule has 0 aliphatic rings. The quantitative estimate of drug-likeness (QED) is 0.684. The van der Waals surface area contributed by atoms with Crippen LogP contribution in [0.15, 0.2) is 30.6 Å². The minimum atomic E-state index is 0.555. The molecule has 68 valence electrons. The van der Waals surface area contributed by atoms with E-state index in [1.54, 1.807) is 0 Å². The van der Waals surface area contributed by atoms with Gasteiger partial charge in [0.1, 0.15) is 5.65 Å². The van der Waals surface area contributed by atoms with E-state index in [0.29, 0.717) is 5.92 Å². The highest BCUT2D eigenvalue weighted by atomic mass is 15.0. The second-order valence-electron chi connectivity index (χ2n) is 3.44. The van der Waals surface area contributed by atoms with E-state index in [4.69, 9.17) is 0 Å². The van der Waals surface area contributed by atoms with Gasteiger partial charge < -0.3 is 4.40 Å². The summed E-state index contributed by atoms with van der Waals surface area (Å²) in [5.74, 6) is 0.555. The van der Waals surface area contributed by atoms with Crippen LogP contribution in [-0.4, -0.2) is 9.38 Å². The van der Waals surface area contributed by atoms with Crippen molar-refractivity contribution in [1.29, 1.82) is 0 Å². The van der Waals surface area contributed by atoms with E-state index in [-0.39, 0.29) is 0 Å². The smallest absolute Gasteiger partial charge is 0.136 e. The number of hydrogen-bond donors (Lipinski definition) is 0. The Labute approximate surface area is 78.2 Å². The van der Waals surface area contributed by atoms with Crippen molar-refractivity contribution in [2.45, 2.75) is 26.2 Å². The molecule has 13 heavy (non-hydrogen) atoms. The molecule has 0 saturated heterocycles. The molecule has 0 N–H and O–H groups in total. The van der Waals surface area contributed by atoms with Gasteiger partial charge in [0.05, 0.1) is 5.69 Å². The lowest BCUT2D eigenvalue weighted by Gasteiger charge is -2.01. The Morgan fingerprint density at radius 3 is 3.00 bits per heavy atom. The first-order valence-corrected chi connectivity index (χ1v) is 4.75. The van der Waals surface area contributed by atoms with Crippen molar-refractivity contribution in [2.24, 2.45) is 0 Å². The van der Waals surface area contributed by atoms with Crippen LogP contribution in [0.25, 0.3) is 5.65 Å². The molecule has 0 aliphatic heterocycles. The number of rotatable bonds is 2. The van der Waals surface area contributed by atoms with Crippen LogP contribution in [0.4, 0.5) is 0 Å².